The summed E-state index contributed by atoms with van der Waals surface area (Å²) in [6.07, 6.45) is 4.34. The second-order valence-corrected chi connectivity index (χ2v) is 7.36. The summed E-state index contributed by atoms with van der Waals surface area (Å²) < 4.78 is 5.39. The molecule has 1 aromatic rings. The number of benzene rings is 1. The highest BCUT2D eigenvalue weighted by Crippen LogP contribution is 2.27. The van der Waals surface area contributed by atoms with Gasteiger partial charge >= 0.3 is 0 Å². The number of amides is 1. The monoisotopic (exact) mass is 345 g/mol. The first-order chi connectivity index (χ1) is 12.2. The third-order valence-electron chi connectivity index (χ3n) is 5.52. The molecular formula is C20H31N3O2. The molecule has 0 aromatic heterocycles. The maximum atomic E-state index is 12.6. The average Bonchev–Trinajstić information content (AvgIpc) is 3.16. The summed E-state index contributed by atoms with van der Waals surface area (Å²) >= 11 is 0. The van der Waals surface area contributed by atoms with Crippen molar-refractivity contribution in [2.75, 3.05) is 33.3 Å². The zero-order valence-corrected chi connectivity index (χ0v) is 15.5. The molecule has 5 nitrogen and oxygen atoms in total. The normalized spacial score (nSPS) is 25.5. The molecule has 2 aliphatic heterocycles. The molecule has 2 heterocycles. The van der Waals surface area contributed by atoms with E-state index < -0.39 is 0 Å². The van der Waals surface area contributed by atoms with Gasteiger partial charge in [-0.15, -0.1) is 0 Å². The van der Waals surface area contributed by atoms with Crippen LogP contribution in [0.4, 0.5) is 0 Å². The molecule has 0 bridgehead atoms. The van der Waals surface area contributed by atoms with E-state index in [-0.39, 0.29) is 17.9 Å². The van der Waals surface area contributed by atoms with E-state index in [2.05, 4.69) is 34.6 Å². The Labute approximate surface area is 151 Å². The van der Waals surface area contributed by atoms with Crippen LogP contribution in [0, 0.1) is 5.92 Å². The number of ether oxygens (including phenoxy) is 1. The molecule has 5 heteroatoms. The Morgan fingerprint density at radius 2 is 2.20 bits per heavy atom. The highest BCUT2D eigenvalue weighted by atomic mass is 16.5. The number of carbonyl (C=O) groups excluding carboxylic acids is 1. The Balaban J connectivity index is 1.66. The number of methoxy groups -OCH3 is 1. The van der Waals surface area contributed by atoms with Crippen molar-refractivity contribution in [2.24, 2.45) is 5.92 Å². The first kappa shape index (κ1) is 18.2. The summed E-state index contributed by atoms with van der Waals surface area (Å²) in [5.74, 6) is 1.22. The van der Waals surface area contributed by atoms with Crippen molar-refractivity contribution in [3.05, 3.63) is 29.8 Å². The lowest BCUT2D eigenvalue weighted by atomic mass is 9.92. The first-order valence-corrected chi connectivity index (χ1v) is 9.56. The van der Waals surface area contributed by atoms with Crippen molar-refractivity contribution in [2.45, 2.75) is 44.7 Å². The zero-order valence-electron chi connectivity index (χ0n) is 15.5. The number of nitrogens with one attached hydrogen (secondary N) is 2. The van der Waals surface area contributed by atoms with Crippen LogP contribution in [0.3, 0.4) is 0 Å². The van der Waals surface area contributed by atoms with E-state index in [4.69, 9.17) is 4.74 Å². The van der Waals surface area contributed by atoms with Crippen molar-refractivity contribution >= 4 is 5.91 Å². The van der Waals surface area contributed by atoms with Gasteiger partial charge in [0.2, 0.25) is 5.91 Å². The van der Waals surface area contributed by atoms with Crippen LogP contribution in [0.5, 0.6) is 5.75 Å². The predicted molar refractivity (Wildman–Crippen MR) is 99.7 cm³/mol. The molecule has 3 atom stereocenters. The Morgan fingerprint density at radius 1 is 1.40 bits per heavy atom. The Kier molecular flexibility index (Phi) is 6.32. The number of hydrogen-bond acceptors (Lipinski definition) is 4. The minimum atomic E-state index is 0.140. The topological polar surface area (TPSA) is 53.6 Å². The molecule has 0 radical (unpaired) electrons. The van der Waals surface area contributed by atoms with Crippen molar-refractivity contribution in [3.63, 3.8) is 0 Å². The molecule has 1 amide bonds. The zero-order chi connectivity index (χ0) is 17.6. The highest BCUT2D eigenvalue weighted by molar-refractivity contribution is 5.78. The molecule has 1 aromatic carbocycles. The molecule has 3 rings (SSSR count). The Bertz CT molecular complexity index is 572. The minimum absolute atomic E-state index is 0.140. The standard InChI is InChI=1S/C20H31N3O2/c1-15-12-17(8-9-21-15)20(24)22-14-19(23-10-3-4-11-23)16-6-5-7-18(13-16)25-2/h5-7,13,15,17,19,21H,3-4,8-12,14H2,1-2H3,(H,22,24)/t15-,17-,19?/m0/s1. The van der Waals surface area contributed by atoms with E-state index >= 15 is 0 Å². The van der Waals surface area contributed by atoms with Gasteiger partial charge in [0, 0.05) is 18.5 Å². The number of rotatable bonds is 6. The number of carbonyl (C=O) groups is 1. The van der Waals surface area contributed by atoms with E-state index in [0.717, 1.165) is 38.2 Å². The van der Waals surface area contributed by atoms with Crippen LogP contribution in [0.1, 0.15) is 44.2 Å². The van der Waals surface area contributed by atoms with Gasteiger partial charge in [-0.1, -0.05) is 12.1 Å². The van der Waals surface area contributed by atoms with Crippen LogP contribution in [0.2, 0.25) is 0 Å². The van der Waals surface area contributed by atoms with Gasteiger partial charge in [0.1, 0.15) is 5.75 Å². The van der Waals surface area contributed by atoms with Gasteiger partial charge in [0.25, 0.3) is 0 Å². The number of hydrogen-bond donors (Lipinski definition) is 2. The SMILES string of the molecule is COc1cccc(C(CNC(=O)[C@H]2CCN[C@@H](C)C2)N2CCCC2)c1. The molecule has 0 spiro atoms. The first-order valence-electron chi connectivity index (χ1n) is 9.56. The molecule has 2 N–H and O–H groups in total. The fraction of sp³-hybridized carbons (Fsp3) is 0.650. The molecule has 2 aliphatic rings. The van der Waals surface area contributed by atoms with E-state index in [1.54, 1.807) is 7.11 Å². The smallest absolute Gasteiger partial charge is 0.223 e. The molecule has 2 fully saturated rings. The quantitative estimate of drug-likeness (QED) is 0.831. The molecule has 0 aliphatic carbocycles. The fourth-order valence-electron chi connectivity index (χ4n) is 4.07. The average molecular weight is 345 g/mol. The van der Waals surface area contributed by atoms with Crippen molar-refractivity contribution in [1.29, 1.82) is 0 Å². The van der Waals surface area contributed by atoms with Crippen molar-refractivity contribution in [1.82, 2.24) is 15.5 Å². The molecule has 0 saturated carbocycles. The summed E-state index contributed by atoms with van der Waals surface area (Å²) in [5, 5.41) is 6.65. The number of piperidine rings is 1. The van der Waals surface area contributed by atoms with Gasteiger partial charge < -0.3 is 15.4 Å². The van der Waals surface area contributed by atoms with E-state index in [1.807, 2.05) is 12.1 Å². The second kappa shape index (κ2) is 8.68. The van der Waals surface area contributed by atoms with Gasteiger partial charge in [-0.3, -0.25) is 9.69 Å². The number of likely N-dealkylation sites (tertiary alicyclic amines) is 1. The minimum Gasteiger partial charge on any atom is -0.497 e. The molecule has 25 heavy (non-hydrogen) atoms. The molecule has 138 valence electrons. The summed E-state index contributed by atoms with van der Waals surface area (Å²) in [5.41, 5.74) is 1.22. The fourth-order valence-corrected chi connectivity index (χ4v) is 4.07. The van der Waals surface area contributed by atoms with Gasteiger partial charge in [-0.05, 0) is 69.9 Å². The highest BCUT2D eigenvalue weighted by Gasteiger charge is 2.28. The van der Waals surface area contributed by atoms with Crippen molar-refractivity contribution in [3.8, 4) is 5.75 Å². The summed E-state index contributed by atoms with van der Waals surface area (Å²) in [4.78, 5) is 15.1. The largest absolute Gasteiger partial charge is 0.497 e. The lowest BCUT2D eigenvalue weighted by Crippen LogP contribution is -2.44. The maximum absolute atomic E-state index is 12.6. The second-order valence-electron chi connectivity index (χ2n) is 7.36. The summed E-state index contributed by atoms with van der Waals surface area (Å²) in [6, 6.07) is 8.90. The van der Waals surface area contributed by atoms with Crippen LogP contribution in [0.25, 0.3) is 0 Å². The van der Waals surface area contributed by atoms with E-state index in [9.17, 15) is 4.79 Å². The van der Waals surface area contributed by atoms with Crippen LogP contribution in [-0.4, -0.2) is 50.1 Å². The van der Waals surface area contributed by atoms with Gasteiger partial charge in [-0.2, -0.15) is 0 Å². The van der Waals surface area contributed by atoms with Crippen LogP contribution in [0.15, 0.2) is 24.3 Å². The predicted octanol–water partition coefficient (Wildman–Crippen LogP) is 2.34. The van der Waals surface area contributed by atoms with E-state index in [1.165, 1.54) is 18.4 Å². The lowest BCUT2D eigenvalue weighted by Gasteiger charge is -2.31. The van der Waals surface area contributed by atoms with Crippen LogP contribution >= 0.6 is 0 Å². The molecular weight excluding hydrogens is 314 g/mol. The lowest BCUT2D eigenvalue weighted by molar-refractivity contribution is -0.126. The number of nitrogens with zero attached hydrogens (tertiary/aromatic N) is 1. The van der Waals surface area contributed by atoms with Gasteiger partial charge in [0.05, 0.1) is 13.2 Å². The summed E-state index contributed by atoms with van der Waals surface area (Å²) in [6.45, 7) is 5.96. The van der Waals surface area contributed by atoms with E-state index in [0.29, 0.717) is 12.6 Å². The Morgan fingerprint density at radius 3 is 2.92 bits per heavy atom. The van der Waals surface area contributed by atoms with Crippen LogP contribution in [-0.2, 0) is 4.79 Å². The van der Waals surface area contributed by atoms with Gasteiger partial charge in [-0.25, -0.2) is 0 Å². The molecule has 1 unspecified atom stereocenters. The van der Waals surface area contributed by atoms with Crippen molar-refractivity contribution < 1.29 is 9.53 Å². The third-order valence-corrected chi connectivity index (χ3v) is 5.52. The maximum Gasteiger partial charge on any atom is 0.223 e. The molecule has 2 saturated heterocycles. The van der Waals surface area contributed by atoms with Crippen LogP contribution < -0.4 is 15.4 Å². The summed E-state index contributed by atoms with van der Waals surface area (Å²) in [7, 11) is 1.70. The third kappa shape index (κ3) is 4.73. The van der Waals surface area contributed by atoms with Gasteiger partial charge in [0.15, 0.2) is 0 Å². The Hall–Kier alpha value is -1.59.